The van der Waals surface area contributed by atoms with E-state index < -0.39 is 0 Å². The van der Waals surface area contributed by atoms with Crippen LogP contribution >= 0.6 is 0 Å². The first-order chi connectivity index (χ1) is 14.8. The zero-order valence-corrected chi connectivity index (χ0v) is 17.8. The van der Waals surface area contributed by atoms with Gasteiger partial charge in [-0.3, -0.25) is 9.89 Å². The van der Waals surface area contributed by atoms with Gasteiger partial charge in [0.1, 0.15) is 17.4 Å². The second-order valence-corrected chi connectivity index (χ2v) is 7.93. The number of aromatic nitrogens is 3. The summed E-state index contributed by atoms with van der Waals surface area (Å²) in [6.45, 7) is 9.16. The molecule has 9 heteroatoms. The number of rotatable bonds is 8. The average Bonchev–Trinajstić information content (AvgIpc) is 3.40. The van der Waals surface area contributed by atoms with Crippen LogP contribution in [0.5, 0.6) is 0 Å². The molecule has 2 aliphatic rings. The third kappa shape index (κ3) is 6.06. The van der Waals surface area contributed by atoms with Crippen molar-refractivity contribution in [3.8, 4) is 0 Å². The molecule has 1 saturated heterocycles. The second kappa shape index (κ2) is 10.6. The topological polar surface area (TPSA) is 92.7 Å². The molecule has 0 saturated carbocycles. The molecule has 1 unspecified atom stereocenters. The van der Waals surface area contributed by atoms with Gasteiger partial charge in [-0.15, -0.1) is 0 Å². The van der Waals surface area contributed by atoms with Crippen LogP contribution in [-0.2, 0) is 24.1 Å². The fourth-order valence-corrected chi connectivity index (χ4v) is 3.97. The Balaban J connectivity index is 1.29. The molecule has 0 aliphatic carbocycles. The predicted molar refractivity (Wildman–Crippen MR) is 115 cm³/mol. The van der Waals surface area contributed by atoms with Crippen molar-refractivity contribution in [2.24, 2.45) is 4.99 Å². The van der Waals surface area contributed by atoms with Gasteiger partial charge in [0, 0.05) is 51.6 Å². The van der Waals surface area contributed by atoms with Crippen molar-refractivity contribution in [3.05, 3.63) is 35.8 Å². The molecule has 2 aliphatic heterocycles. The van der Waals surface area contributed by atoms with Crippen LogP contribution in [0.4, 0.5) is 0 Å². The molecule has 0 spiro atoms. The first-order valence-electron chi connectivity index (χ1n) is 11.0. The average molecular weight is 416 g/mol. The minimum Gasteiger partial charge on any atom is -0.469 e. The van der Waals surface area contributed by atoms with Gasteiger partial charge in [0.15, 0.2) is 5.96 Å². The van der Waals surface area contributed by atoms with Gasteiger partial charge >= 0.3 is 0 Å². The minimum atomic E-state index is 0.299. The quantitative estimate of drug-likeness (QED) is 0.377. The van der Waals surface area contributed by atoms with Crippen molar-refractivity contribution in [1.82, 2.24) is 30.3 Å². The van der Waals surface area contributed by atoms with E-state index in [4.69, 9.17) is 14.1 Å². The summed E-state index contributed by atoms with van der Waals surface area (Å²) in [5.41, 5.74) is 0. The number of ether oxygens (including phenoxy) is 1. The predicted octanol–water partition coefficient (Wildman–Crippen LogP) is 0.995. The Morgan fingerprint density at radius 1 is 1.33 bits per heavy atom. The molecule has 1 atom stereocenters. The molecule has 1 fully saturated rings. The number of guanidine groups is 1. The van der Waals surface area contributed by atoms with Crippen molar-refractivity contribution < 1.29 is 9.15 Å². The first-order valence-corrected chi connectivity index (χ1v) is 11.0. The lowest BCUT2D eigenvalue weighted by atomic mass is 10.1. The molecule has 0 aromatic carbocycles. The Hall–Kier alpha value is -2.39. The summed E-state index contributed by atoms with van der Waals surface area (Å²) in [6, 6.07) is 4.23. The fraction of sp³-hybridized carbons (Fsp3) is 0.667. The molecule has 0 radical (unpaired) electrons. The van der Waals surface area contributed by atoms with Crippen molar-refractivity contribution in [1.29, 1.82) is 0 Å². The number of hydrogen-bond acceptors (Lipinski definition) is 6. The van der Waals surface area contributed by atoms with Crippen molar-refractivity contribution in [2.45, 2.75) is 45.2 Å². The lowest BCUT2D eigenvalue weighted by molar-refractivity contribution is 0.0377. The van der Waals surface area contributed by atoms with Crippen LogP contribution in [0.1, 0.15) is 30.3 Å². The van der Waals surface area contributed by atoms with Crippen molar-refractivity contribution >= 4 is 5.96 Å². The number of nitrogens with zero attached hydrogens (tertiary/aromatic N) is 5. The normalized spacial score (nSPS) is 20.2. The molecular weight excluding hydrogens is 382 g/mol. The lowest BCUT2D eigenvalue weighted by Gasteiger charge is -2.26. The van der Waals surface area contributed by atoms with Crippen LogP contribution in [-0.4, -0.2) is 77.6 Å². The molecule has 9 nitrogen and oxygen atoms in total. The standard InChI is InChI=1S/C21H33N7O2/c1-17-24-20-6-5-18(16-28(20)26-17)25-21(23-9-7-19-4-2-13-30-19)22-8-3-10-27-11-14-29-15-12-27/h2,4,13,18H,3,5-12,14-16H2,1H3,(H2,22,23,25). The van der Waals surface area contributed by atoms with Gasteiger partial charge in [-0.2, -0.15) is 5.10 Å². The fourth-order valence-electron chi connectivity index (χ4n) is 3.97. The highest BCUT2D eigenvalue weighted by atomic mass is 16.5. The Morgan fingerprint density at radius 2 is 2.23 bits per heavy atom. The number of fused-ring (bicyclic) bond motifs is 1. The van der Waals surface area contributed by atoms with Gasteiger partial charge in [0.2, 0.25) is 0 Å². The second-order valence-electron chi connectivity index (χ2n) is 7.93. The van der Waals surface area contributed by atoms with E-state index in [2.05, 4.69) is 25.6 Å². The SMILES string of the molecule is Cc1nc2n(n1)CC(NC(=NCCCN1CCOCC1)NCCc1ccco1)CC2. The molecule has 0 amide bonds. The highest BCUT2D eigenvalue weighted by Crippen LogP contribution is 2.12. The van der Waals surface area contributed by atoms with E-state index in [-0.39, 0.29) is 0 Å². The Morgan fingerprint density at radius 3 is 3.07 bits per heavy atom. The minimum absolute atomic E-state index is 0.299. The third-order valence-electron chi connectivity index (χ3n) is 5.55. The van der Waals surface area contributed by atoms with Crippen molar-refractivity contribution in [2.75, 3.05) is 45.9 Å². The maximum atomic E-state index is 5.44. The third-order valence-corrected chi connectivity index (χ3v) is 5.55. The lowest BCUT2D eigenvalue weighted by Crippen LogP contribution is -2.47. The number of aryl methyl sites for hydroxylation is 2. The number of hydrogen-bond donors (Lipinski definition) is 2. The van der Waals surface area contributed by atoms with E-state index in [9.17, 15) is 0 Å². The molecule has 4 rings (SSSR count). The molecule has 4 heterocycles. The maximum absolute atomic E-state index is 5.44. The molecule has 2 aromatic rings. The molecular formula is C21H33N7O2. The highest BCUT2D eigenvalue weighted by molar-refractivity contribution is 5.80. The summed E-state index contributed by atoms with van der Waals surface area (Å²) in [4.78, 5) is 11.8. The van der Waals surface area contributed by atoms with E-state index in [1.165, 1.54) is 0 Å². The summed E-state index contributed by atoms with van der Waals surface area (Å²) < 4.78 is 12.9. The Labute approximate surface area is 177 Å². The van der Waals surface area contributed by atoms with Gasteiger partial charge in [-0.1, -0.05) is 0 Å². The summed E-state index contributed by atoms with van der Waals surface area (Å²) in [5.74, 6) is 3.78. The summed E-state index contributed by atoms with van der Waals surface area (Å²) >= 11 is 0. The van der Waals surface area contributed by atoms with E-state index in [1.54, 1.807) is 6.26 Å². The molecule has 30 heavy (non-hydrogen) atoms. The van der Waals surface area contributed by atoms with Crippen LogP contribution in [0.25, 0.3) is 0 Å². The zero-order chi connectivity index (χ0) is 20.6. The largest absolute Gasteiger partial charge is 0.469 e. The highest BCUT2D eigenvalue weighted by Gasteiger charge is 2.21. The van der Waals surface area contributed by atoms with Crippen LogP contribution < -0.4 is 10.6 Å². The van der Waals surface area contributed by atoms with Crippen LogP contribution in [0.2, 0.25) is 0 Å². The number of nitrogens with one attached hydrogen (secondary N) is 2. The number of furan rings is 1. The zero-order valence-electron chi connectivity index (χ0n) is 17.8. The van der Waals surface area contributed by atoms with Gasteiger partial charge < -0.3 is 19.8 Å². The van der Waals surface area contributed by atoms with Crippen LogP contribution in [0.3, 0.4) is 0 Å². The van der Waals surface area contributed by atoms with Crippen LogP contribution in [0, 0.1) is 6.92 Å². The van der Waals surface area contributed by atoms with Gasteiger partial charge in [0.05, 0.1) is 26.0 Å². The van der Waals surface area contributed by atoms with Gasteiger partial charge in [0.25, 0.3) is 0 Å². The van der Waals surface area contributed by atoms with Crippen LogP contribution in [0.15, 0.2) is 27.8 Å². The smallest absolute Gasteiger partial charge is 0.191 e. The molecule has 0 bridgehead atoms. The Bertz CT molecular complexity index is 796. The Kier molecular flexibility index (Phi) is 7.36. The van der Waals surface area contributed by atoms with E-state index >= 15 is 0 Å². The number of aliphatic imine (C=N–C) groups is 1. The molecule has 164 valence electrons. The van der Waals surface area contributed by atoms with Crippen molar-refractivity contribution in [3.63, 3.8) is 0 Å². The summed E-state index contributed by atoms with van der Waals surface area (Å²) in [5, 5.41) is 11.6. The summed E-state index contributed by atoms with van der Waals surface area (Å²) in [7, 11) is 0. The van der Waals surface area contributed by atoms with Gasteiger partial charge in [-0.05, 0) is 31.9 Å². The monoisotopic (exact) mass is 415 g/mol. The van der Waals surface area contributed by atoms with E-state index in [0.717, 1.165) is 102 Å². The van der Waals surface area contributed by atoms with E-state index in [1.807, 2.05) is 23.7 Å². The first kappa shape index (κ1) is 20.9. The molecule has 2 N–H and O–H groups in total. The van der Waals surface area contributed by atoms with E-state index in [0.29, 0.717) is 6.04 Å². The van der Waals surface area contributed by atoms with Gasteiger partial charge in [-0.25, -0.2) is 9.67 Å². The molecule has 2 aromatic heterocycles. The summed E-state index contributed by atoms with van der Waals surface area (Å²) in [6.07, 6.45) is 5.56. The number of morpholine rings is 1. The maximum Gasteiger partial charge on any atom is 0.191 e.